The lowest BCUT2D eigenvalue weighted by Gasteiger charge is -2.13. The molecule has 30 heavy (non-hydrogen) atoms. The second-order valence-electron chi connectivity index (χ2n) is 6.88. The maximum atomic E-state index is 12.3. The van der Waals surface area contributed by atoms with Crippen molar-refractivity contribution in [2.24, 2.45) is 5.92 Å². The summed E-state index contributed by atoms with van der Waals surface area (Å²) in [5, 5.41) is 3.35. The molecule has 2 aromatic carbocycles. The molecule has 7 nitrogen and oxygen atoms in total. The highest BCUT2D eigenvalue weighted by Crippen LogP contribution is 2.25. The fourth-order valence-corrected chi connectivity index (χ4v) is 2.78. The number of hydrogen-bond acceptors (Lipinski definition) is 4. The number of halogens is 2. The maximum Gasteiger partial charge on any atom is 0.273 e. The van der Waals surface area contributed by atoms with Gasteiger partial charge in [0.15, 0.2) is 0 Å². The molecule has 0 unspecified atom stereocenters. The summed E-state index contributed by atoms with van der Waals surface area (Å²) in [6, 6.07) is 11.4. The first-order valence-corrected chi connectivity index (χ1v) is 10.1. The molecule has 3 N–H and O–H groups in total. The van der Waals surface area contributed by atoms with Gasteiger partial charge >= 0.3 is 0 Å². The highest BCUT2D eigenvalue weighted by molar-refractivity contribution is 6.36. The Morgan fingerprint density at radius 3 is 2.37 bits per heavy atom. The predicted molar refractivity (Wildman–Crippen MR) is 117 cm³/mol. The Labute approximate surface area is 185 Å². The van der Waals surface area contributed by atoms with E-state index in [1.807, 2.05) is 13.8 Å². The maximum absolute atomic E-state index is 12.3. The molecule has 0 aliphatic rings. The number of carbonyl (C=O) groups excluding carboxylic acids is 3. The summed E-state index contributed by atoms with van der Waals surface area (Å²) in [6.45, 7) is 4.46. The first kappa shape index (κ1) is 23.5. The second-order valence-corrected chi connectivity index (χ2v) is 7.72. The molecule has 0 spiro atoms. The molecule has 0 fully saturated rings. The topological polar surface area (TPSA) is 96.5 Å². The second kappa shape index (κ2) is 11.4. The molecule has 0 aliphatic carbocycles. The Balaban J connectivity index is 1.80. The van der Waals surface area contributed by atoms with Gasteiger partial charge in [0.25, 0.3) is 5.91 Å². The quantitative estimate of drug-likeness (QED) is 0.523. The summed E-state index contributed by atoms with van der Waals surface area (Å²) in [5.41, 5.74) is 5.32. The number of nitrogens with one attached hydrogen (secondary N) is 3. The number of ether oxygens (including phenoxy) is 1. The van der Waals surface area contributed by atoms with Gasteiger partial charge in [0, 0.05) is 17.9 Å². The van der Waals surface area contributed by atoms with Gasteiger partial charge in [0.05, 0.1) is 22.9 Å². The lowest BCUT2D eigenvalue weighted by atomic mass is 10.2. The van der Waals surface area contributed by atoms with Crippen LogP contribution in [0.15, 0.2) is 42.5 Å². The van der Waals surface area contributed by atoms with Crippen molar-refractivity contribution in [3.63, 3.8) is 0 Å². The number of amides is 3. The van der Waals surface area contributed by atoms with Crippen molar-refractivity contribution in [2.45, 2.75) is 26.7 Å². The van der Waals surface area contributed by atoms with Crippen molar-refractivity contribution in [3.8, 4) is 5.75 Å². The predicted octanol–water partition coefficient (Wildman–Crippen LogP) is 4.21. The Morgan fingerprint density at radius 2 is 1.67 bits per heavy atom. The van der Waals surface area contributed by atoms with Crippen LogP contribution < -0.4 is 20.9 Å². The van der Waals surface area contributed by atoms with Crippen molar-refractivity contribution in [2.75, 3.05) is 11.9 Å². The number of para-hydroxylation sites is 1. The first-order chi connectivity index (χ1) is 14.3. The SMILES string of the molecule is CC(C)COc1ccccc1C(=O)NNC(=O)CCC(=O)Nc1ccc(Cl)cc1Cl. The van der Waals surface area contributed by atoms with E-state index in [0.717, 1.165) is 0 Å². The zero-order valence-corrected chi connectivity index (χ0v) is 18.1. The van der Waals surface area contributed by atoms with E-state index in [2.05, 4.69) is 16.2 Å². The van der Waals surface area contributed by atoms with Crippen LogP contribution in [0.25, 0.3) is 0 Å². The van der Waals surface area contributed by atoms with E-state index in [1.165, 1.54) is 6.07 Å². The smallest absolute Gasteiger partial charge is 0.273 e. The van der Waals surface area contributed by atoms with Gasteiger partial charge in [-0.2, -0.15) is 0 Å². The van der Waals surface area contributed by atoms with Crippen LogP contribution in [0, 0.1) is 5.92 Å². The molecule has 0 radical (unpaired) electrons. The molecule has 0 aromatic heterocycles. The molecule has 0 saturated carbocycles. The Bertz CT molecular complexity index is 919. The number of hydrogen-bond donors (Lipinski definition) is 3. The van der Waals surface area contributed by atoms with Crippen molar-refractivity contribution in [1.82, 2.24) is 10.9 Å². The molecule has 0 atom stereocenters. The largest absolute Gasteiger partial charge is 0.492 e. The zero-order chi connectivity index (χ0) is 22.1. The van der Waals surface area contributed by atoms with Crippen molar-refractivity contribution in [3.05, 3.63) is 58.1 Å². The third-order valence-electron chi connectivity index (χ3n) is 3.80. The average molecular weight is 452 g/mol. The zero-order valence-electron chi connectivity index (χ0n) is 16.6. The summed E-state index contributed by atoms with van der Waals surface area (Å²) in [7, 11) is 0. The Hall–Kier alpha value is -2.77. The van der Waals surface area contributed by atoms with Crippen LogP contribution in [0.4, 0.5) is 5.69 Å². The molecule has 2 aromatic rings. The van der Waals surface area contributed by atoms with Gasteiger partial charge in [0.2, 0.25) is 11.8 Å². The fraction of sp³-hybridized carbons (Fsp3) is 0.286. The third-order valence-corrected chi connectivity index (χ3v) is 4.35. The van der Waals surface area contributed by atoms with Crippen molar-refractivity contribution < 1.29 is 19.1 Å². The van der Waals surface area contributed by atoms with Crippen LogP contribution in [-0.4, -0.2) is 24.3 Å². The number of carbonyl (C=O) groups is 3. The summed E-state index contributed by atoms with van der Waals surface area (Å²) >= 11 is 11.8. The minimum absolute atomic E-state index is 0.0885. The molecule has 0 bridgehead atoms. The molecule has 3 amide bonds. The van der Waals surface area contributed by atoms with E-state index < -0.39 is 17.7 Å². The monoisotopic (exact) mass is 451 g/mol. The molecule has 2 rings (SSSR count). The molecule has 160 valence electrons. The molecule has 0 aliphatic heterocycles. The minimum atomic E-state index is -0.514. The molecule has 0 saturated heterocycles. The lowest BCUT2D eigenvalue weighted by Crippen LogP contribution is -2.42. The normalized spacial score (nSPS) is 10.4. The summed E-state index contributed by atoms with van der Waals surface area (Å²) in [6.07, 6.45) is -0.211. The molecule has 0 heterocycles. The Kier molecular flexibility index (Phi) is 8.95. The van der Waals surface area contributed by atoms with Gasteiger partial charge in [-0.15, -0.1) is 0 Å². The van der Waals surface area contributed by atoms with Crippen LogP contribution in [0.3, 0.4) is 0 Å². The van der Waals surface area contributed by atoms with Crippen LogP contribution >= 0.6 is 23.2 Å². The fourth-order valence-electron chi connectivity index (χ4n) is 2.32. The number of benzene rings is 2. The van der Waals surface area contributed by atoms with E-state index in [0.29, 0.717) is 39.6 Å². The highest BCUT2D eigenvalue weighted by atomic mass is 35.5. The summed E-state index contributed by atoms with van der Waals surface area (Å²) in [4.78, 5) is 36.3. The van der Waals surface area contributed by atoms with Crippen molar-refractivity contribution in [1.29, 1.82) is 0 Å². The van der Waals surface area contributed by atoms with Crippen LogP contribution in [0.2, 0.25) is 10.0 Å². The van der Waals surface area contributed by atoms with Crippen molar-refractivity contribution >= 4 is 46.6 Å². The van der Waals surface area contributed by atoms with Gasteiger partial charge in [-0.25, -0.2) is 0 Å². The highest BCUT2D eigenvalue weighted by Gasteiger charge is 2.14. The van der Waals surface area contributed by atoms with E-state index in [1.54, 1.807) is 36.4 Å². The average Bonchev–Trinajstić information content (AvgIpc) is 2.71. The number of anilines is 1. The van der Waals surface area contributed by atoms with Crippen LogP contribution in [-0.2, 0) is 9.59 Å². The first-order valence-electron chi connectivity index (χ1n) is 9.32. The number of rotatable bonds is 8. The summed E-state index contributed by atoms with van der Waals surface area (Å²) < 4.78 is 5.63. The van der Waals surface area contributed by atoms with E-state index in [-0.39, 0.29) is 12.8 Å². The lowest BCUT2D eigenvalue weighted by molar-refractivity contribution is -0.124. The Morgan fingerprint density at radius 1 is 0.967 bits per heavy atom. The van der Waals surface area contributed by atoms with Crippen LogP contribution in [0.1, 0.15) is 37.0 Å². The van der Waals surface area contributed by atoms with Gasteiger partial charge < -0.3 is 10.1 Å². The van der Waals surface area contributed by atoms with Gasteiger partial charge in [-0.3, -0.25) is 25.2 Å². The van der Waals surface area contributed by atoms with Gasteiger partial charge in [-0.1, -0.05) is 49.2 Å². The number of hydrazine groups is 1. The molecular formula is C21H23Cl2N3O4. The summed E-state index contributed by atoms with van der Waals surface area (Å²) in [5.74, 6) is -0.693. The molecular weight excluding hydrogens is 429 g/mol. The van der Waals surface area contributed by atoms with Gasteiger partial charge in [-0.05, 0) is 36.2 Å². The van der Waals surface area contributed by atoms with E-state index in [9.17, 15) is 14.4 Å². The van der Waals surface area contributed by atoms with Crippen LogP contribution in [0.5, 0.6) is 5.75 Å². The van der Waals surface area contributed by atoms with Gasteiger partial charge in [0.1, 0.15) is 5.75 Å². The standard InChI is InChI=1S/C21H23Cl2N3O4/c1-13(2)12-30-18-6-4-3-5-15(18)21(29)26-25-20(28)10-9-19(27)24-17-8-7-14(22)11-16(17)23/h3-8,11,13H,9-10,12H2,1-2H3,(H,24,27)(H,25,28)(H,26,29). The van der Waals surface area contributed by atoms with E-state index >= 15 is 0 Å². The molecule has 9 heteroatoms. The van der Waals surface area contributed by atoms with E-state index in [4.69, 9.17) is 27.9 Å². The minimum Gasteiger partial charge on any atom is -0.492 e. The third kappa shape index (κ3) is 7.57.